The molecule has 0 aliphatic heterocycles. The van der Waals surface area contributed by atoms with Gasteiger partial charge in [-0.15, -0.1) is 0 Å². The van der Waals surface area contributed by atoms with Crippen molar-refractivity contribution in [2.45, 2.75) is 78.9 Å². The molecule has 0 aromatic carbocycles. The normalized spacial score (nSPS) is 24.8. The van der Waals surface area contributed by atoms with Crippen LogP contribution in [0.3, 0.4) is 0 Å². The van der Waals surface area contributed by atoms with Gasteiger partial charge in [0.25, 0.3) is 0 Å². The number of carbonyl (C=O) groups is 2. The first-order valence-electron chi connectivity index (χ1n) is 8.19. The van der Waals surface area contributed by atoms with Crippen LogP contribution in [0, 0.1) is 11.3 Å². The lowest BCUT2D eigenvalue weighted by Gasteiger charge is -2.26. The summed E-state index contributed by atoms with van der Waals surface area (Å²) in [6.45, 7) is 11.7. The zero-order valence-corrected chi connectivity index (χ0v) is 14.9. The van der Waals surface area contributed by atoms with E-state index in [4.69, 9.17) is 4.74 Å². The summed E-state index contributed by atoms with van der Waals surface area (Å²) < 4.78 is 5.44. The zero-order chi connectivity index (χ0) is 17.0. The molecule has 0 saturated carbocycles. The number of hydrogen-bond acceptors (Lipinski definition) is 3. The number of ether oxygens (including phenoxy) is 1. The SMILES string of the molecule is CC(C)(C)NC(=O)OC1/C=C/CC(C(=O)C(C)(C)C)CCC1. The molecule has 1 rings (SSSR count). The number of carbonyl (C=O) groups excluding carboxylic acids is 2. The van der Waals surface area contributed by atoms with E-state index >= 15 is 0 Å². The Hall–Kier alpha value is -1.32. The van der Waals surface area contributed by atoms with Gasteiger partial charge in [0.2, 0.25) is 0 Å². The summed E-state index contributed by atoms with van der Waals surface area (Å²) in [5.41, 5.74) is -0.590. The van der Waals surface area contributed by atoms with E-state index in [0.29, 0.717) is 5.78 Å². The number of alkyl carbamates (subject to hydrolysis) is 1. The number of ketones is 1. The summed E-state index contributed by atoms with van der Waals surface area (Å²) >= 11 is 0. The van der Waals surface area contributed by atoms with Crippen molar-refractivity contribution < 1.29 is 14.3 Å². The van der Waals surface area contributed by atoms with Crippen LogP contribution in [0.15, 0.2) is 12.2 Å². The molecule has 22 heavy (non-hydrogen) atoms. The highest BCUT2D eigenvalue weighted by Crippen LogP contribution is 2.28. The average molecular weight is 309 g/mol. The lowest BCUT2D eigenvalue weighted by atomic mass is 9.78. The van der Waals surface area contributed by atoms with Gasteiger partial charge in [-0.1, -0.05) is 26.8 Å². The van der Waals surface area contributed by atoms with E-state index in [0.717, 1.165) is 25.7 Å². The molecular formula is C18H31NO3. The Morgan fingerprint density at radius 3 is 2.27 bits per heavy atom. The summed E-state index contributed by atoms with van der Waals surface area (Å²) in [5, 5.41) is 2.80. The van der Waals surface area contributed by atoms with Gasteiger partial charge in [-0.3, -0.25) is 4.79 Å². The Balaban J connectivity index is 2.56. The molecule has 0 heterocycles. The van der Waals surface area contributed by atoms with Gasteiger partial charge in [0.15, 0.2) is 0 Å². The molecule has 0 radical (unpaired) electrons. The van der Waals surface area contributed by atoms with E-state index in [1.165, 1.54) is 0 Å². The van der Waals surface area contributed by atoms with Gasteiger partial charge in [-0.05, 0) is 52.5 Å². The average Bonchev–Trinajstić information content (AvgIpc) is 2.28. The Morgan fingerprint density at radius 1 is 1.09 bits per heavy atom. The van der Waals surface area contributed by atoms with Crippen LogP contribution >= 0.6 is 0 Å². The van der Waals surface area contributed by atoms with Crippen molar-refractivity contribution in [1.29, 1.82) is 0 Å². The van der Waals surface area contributed by atoms with Gasteiger partial charge in [0, 0.05) is 16.9 Å². The summed E-state index contributed by atoms with van der Waals surface area (Å²) in [6, 6.07) is 0. The predicted octanol–water partition coefficient (Wildman–Crippen LogP) is 4.24. The molecule has 126 valence electrons. The first-order chi connectivity index (χ1) is 9.99. The van der Waals surface area contributed by atoms with Crippen molar-refractivity contribution in [3.05, 3.63) is 12.2 Å². The number of nitrogens with one attached hydrogen (secondary N) is 1. The Morgan fingerprint density at radius 2 is 1.73 bits per heavy atom. The van der Waals surface area contributed by atoms with E-state index in [1.807, 2.05) is 53.7 Å². The molecule has 0 saturated heterocycles. The third-order valence-corrected chi connectivity index (χ3v) is 3.66. The van der Waals surface area contributed by atoms with Crippen LogP contribution in [-0.2, 0) is 9.53 Å². The van der Waals surface area contributed by atoms with Gasteiger partial charge < -0.3 is 10.1 Å². The van der Waals surface area contributed by atoms with E-state index in [2.05, 4.69) is 5.32 Å². The Kier molecular flexibility index (Phi) is 6.21. The van der Waals surface area contributed by atoms with E-state index in [9.17, 15) is 9.59 Å². The molecule has 0 aromatic heterocycles. The highest BCUT2D eigenvalue weighted by Gasteiger charge is 2.29. The van der Waals surface area contributed by atoms with Crippen molar-refractivity contribution >= 4 is 11.9 Å². The van der Waals surface area contributed by atoms with Crippen LogP contribution in [-0.4, -0.2) is 23.5 Å². The van der Waals surface area contributed by atoms with Gasteiger partial charge in [0.1, 0.15) is 11.9 Å². The van der Waals surface area contributed by atoms with E-state index in [1.54, 1.807) is 0 Å². The number of Topliss-reactive ketones (excluding diaryl/α,β-unsaturated/α-hetero) is 1. The molecule has 1 amide bonds. The number of hydrogen-bond donors (Lipinski definition) is 1. The molecule has 2 atom stereocenters. The zero-order valence-electron chi connectivity index (χ0n) is 14.9. The minimum absolute atomic E-state index is 0.0839. The fourth-order valence-electron chi connectivity index (χ4n) is 2.60. The summed E-state index contributed by atoms with van der Waals surface area (Å²) in [7, 11) is 0. The van der Waals surface area contributed by atoms with Crippen LogP contribution in [0.5, 0.6) is 0 Å². The second kappa shape index (κ2) is 7.30. The van der Waals surface area contributed by atoms with Crippen molar-refractivity contribution in [2.24, 2.45) is 11.3 Å². The van der Waals surface area contributed by atoms with Crippen LogP contribution in [0.1, 0.15) is 67.2 Å². The molecule has 2 unspecified atom stereocenters. The molecule has 0 bridgehead atoms. The molecular weight excluding hydrogens is 278 g/mol. The first kappa shape index (κ1) is 18.7. The highest BCUT2D eigenvalue weighted by atomic mass is 16.6. The molecule has 4 heteroatoms. The van der Waals surface area contributed by atoms with Crippen LogP contribution in [0.4, 0.5) is 4.79 Å². The fourth-order valence-corrected chi connectivity index (χ4v) is 2.60. The van der Waals surface area contributed by atoms with Gasteiger partial charge in [0.05, 0.1) is 0 Å². The number of allylic oxidation sites excluding steroid dienone is 1. The quantitative estimate of drug-likeness (QED) is 0.776. The second-order valence-corrected chi connectivity index (χ2v) is 8.22. The molecule has 0 spiro atoms. The molecule has 1 N–H and O–H groups in total. The summed E-state index contributed by atoms with van der Waals surface area (Å²) in [5.74, 6) is 0.405. The maximum Gasteiger partial charge on any atom is 0.408 e. The van der Waals surface area contributed by atoms with Crippen LogP contribution in [0.25, 0.3) is 0 Å². The third-order valence-electron chi connectivity index (χ3n) is 3.66. The van der Waals surface area contributed by atoms with Crippen molar-refractivity contribution in [2.75, 3.05) is 0 Å². The van der Waals surface area contributed by atoms with Crippen molar-refractivity contribution in [3.8, 4) is 0 Å². The highest BCUT2D eigenvalue weighted by molar-refractivity contribution is 5.86. The smallest absolute Gasteiger partial charge is 0.408 e. The van der Waals surface area contributed by atoms with Crippen LogP contribution < -0.4 is 5.32 Å². The van der Waals surface area contributed by atoms with Gasteiger partial charge >= 0.3 is 6.09 Å². The maximum absolute atomic E-state index is 12.4. The molecule has 4 nitrogen and oxygen atoms in total. The minimum Gasteiger partial charge on any atom is -0.442 e. The second-order valence-electron chi connectivity index (χ2n) is 8.22. The van der Waals surface area contributed by atoms with Gasteiger partial charge in [-0.25, -0.2) is 4.79 Å². The van der Waals surface area contributed by atoms with E-state index < -0.39 is 0 Å². The van der Waals surface area contributed by atoms with Crippen LogP contribution in [0.2, 0.25) is 0 Å². The lowest BCUT2D eigenvalue weighted by molar-refractivity contribution is -0.130. The van der Waals surface area contributed by atoms with E-state index in [-0.39, 0.29) is 29.1 Å². The third kappa shape index (κ3) is 6.63. The van der Waals surface area contributed by atoms with Gasteiger partial charge in [-0.2, -0.15) is 0 Å². The fraction of sp³-hybridized carbons (Fsp3) is 0.778. The standard InChI is InChI=1S/C18H31NO3/c1-17(2,3)15(20)13-9-7-11-14(12-8-10-13)22-16(21)19-18(4,5)6/h7,11,13-14H,8-10,12H2,1-6H3,(H,19,21)/b11-7+. The Labute approximate surface area is 134 Å². The molecule has 1 aliphatic carbocycles. The number of rotatable bonds is 2. The monoisotopic (exact) mass is 309 g/mol. The van der Waals surface area contributed by atoms with Crippen molar-refractivity contribution in [3.63, 3.8) is 0 Å². The lowest BCUT2D eigenvalue weighted by Crippen LogP contribution is -2.42. The predicted molar refractivity (Wildman–Crippen MR) is 88.7 cm³/mol. The molecule has 0 fully saturated rings. The number of amides is 1. The topological polar surface area (TPSA) is 55.4 Å². The molecule has 1 aliphatic rings. The Bertz CT molecular complexity index is 427. The minimum atomic E-state index is -0.384. The summed E-state index contributed by atoms with van der Waals surface area (Å²) in [6.07, 6.45) is 6.58. The van der Waals surface area contributed by atoms with Crippen molar-refractivity contribution in [1.82, 2.24) is 5.32 Å². The molecule has 0 aromatic rings. The first-order valence-corrected chi connectivity index (χ1v) is 8.19. The maximum atomic E-state index is 12.4. The summed E-state index contributed by atoms with van der Waals surface area (Å²) in [4.78, 5) is 24.2. The largest absolute Gasteiger partial charge is 0.442 e.